The van der Waals surface area contributed by atoms with Crippen molar-refractivity contribution in [2.45, 2.75) is 30.7 Å². The van der Waals surface area contributed by atoms with E-state index >= 15 is 0 Å². The third kappa shape index (κ3) is 3.80. The van der Waals surface area contributed by atoms with E-state index in [9.17, 15) is 13.2 Å². The van der Waals surface area contributed by atoms with Gasteiger partial charge in [-0.25, -0.2) is 8.42 Å². The molecule has 0 N–H and O–H groups in total. The van der Waals surface area contributed by atoms with E-state index in [0.29, 0.717) is 23.2 Å². The fourth-order valence-electron chi connectivity index (χ4n) is 3.51. The van der Waals surface area contributed by atoms with Gasteiger partial charge in [-0.15, -0.1) is 0 Å². The minimum Gasteiger partial charge on any atom is -0.493 e. The molecular formula is C18H22N2O5S2. The SMILES string of the molecule is COc1ccc(CN2C(=NC(=O)C3CC3)S[C@@H]3CS(=O)(=O)C[C@@H]32)cc1OC. The van der Waals surface area contributed by atoms with Crippen molar-refractivity contribution >= 4 is 32.7 Å². The Labute approximate surface area is 163 Å². The summed E-state index contributed by atoms with van der Waals surface area (Å²) >= 11 is 1.42. The zero-order valence-electron chi connectivity index (χ0n) is 15.3. The van der Waals surface area contributed by atoms with Crippen LogP contribution in [-0.2, 0) is 21.2 Å². The van der Waals surface area contributed by atoms with Crippen LogP contribution in [0.3, 0.4) is 0 Å². The number of nitrogens with zero attached hydrogens (tertiary/aromatic N) is 2. The Morgan fingerprint density at radius 1 is 1.22 bits per heavy atom. The fraction of sp³-hybridized carbons (Fsp3) is 0.556. The summed E-state index contributed by atoms with van der Waals surface area (Å²) in [4.78, 5) is 18.5. The van der Waals surface area contributed by atoms with Gasteiger partial charge >= 0.3 is 0 Å². The maximum absolute atomic E-state index is 12.2. The van der Waals surface area contributed by atoms with Gasteiger partial charge in [-0.1, -0.05) is 17.8 Å². The van der Waals surface area contributed by atoms with Crippen molar-refractivity contribution in [2.24, 2.45) is 10.9 Å². The first kappa shape index (κ1) is 18.6. The summed E-state index contributed by atoms with van der Waals surface area (Å²) in [5.74, 6) is 1.46. The highest BCUT2D eigenvalue weighted by atomic mass is 32.2. The largest absolute Gasteiger partial charge is 0.493 e. The lowest BCUT2D eigenvalue weighted by molar-refractivity contribution is -0.118. The number of hydrogen-bond acceptors (Lipinski definition) is 6. The molecule has 0 unspecified atom stereocenters. The molecule has 7 nitrogen and oxygen atoms in total. The van der Waals surface area contributed by atoms with Crippen molar-refractivity contribution in [3.05, 3.63) is 23.8 Å². The van der Waals surface area contributed by atoms with Gasteiger partial charge in [0.05, 0.1) is 31.8 Å². The predicted octanol–water partition coefficient (Wildman–Crippen LogP) is 1.71. The lowest BCUT2D eigenvalue weighted by atomic mass is 10.1. The first-order valence-electron chi connectivity index (χ1n) is 8.87. The van der Waals surface area contributed by atoms with Gasteiger partial charge in [-0.3, -0.25) is 4.79 Å². The molecule has 0 bridgehead atoms. The highest BCUT2D eigenvalue weighted by Gasteiger charge is 2.49. The molecule has 0 radical (unpaired) electrons. The molecule has 1 amide bonds. The first-order valence-corrected chi connectivity index (χ1v) is 11.6. The number of ether oxygens (including phenoxy) is 2. The Bertz CT molecular complexity index is 895. The standard InChI is InChI=1S/C18H22N2O5S2/c1-24-14-6-3-11(7-15(14)25-2)8-20-13-9-27(22,23)10-16(13)26-18(20)19-17(21)12-4-5-12/h3,6-7,12-13,16H,4-5,8-10H2,1-2H3/t13-,16+/m0/s1. The van der Waals surface area contributed by atoms with Crippen molar-refractivity contribution < 1.29 is 22.7 Å². The van der Waals surface area contributed by atoms with Crippen LogP contribution in [0.1, 0.15) is 18.4 Å². The Kier molecular flexibility index (Phi) is 4.84. The molecule has 1 aliphatic carbocycles. The number of amides is 1. The number of carbonyl (C=O) groups excluding carboxylic acids is 1. The Morgan fingerprint density at radius 2 is 1.96 bits per heavy atom. The van der Waals surface area contributed by atoms with E-state index in [1.54, 1.807) is 14.2 Å². The van der Waals surface area contributed by atoms with Crippen molar-refractivity contribution in [2.75, 3.05) is 25.7 Å². The number of thioether (sulfide) groups is 1. The topological polar surface area (TPSA) is 85.3 Å². The third-order valence-corrected chi connectivity index (χ3v) is 8.36. The number of sulfone groups is 1. The molecule has 0 spiro atoms. The van der Waals surface area contributed by atoms with Crippen LogP contribution < -0.4 is 9.47 Å². The summed E-state index contributed by atoms with van der Waals surface area (Å²) in [5, 5.41) is 0.576. The van der Waals surface area contributed by atoms with Crippen molar-refractivity contribution in [3.8, 4) is 11.5 Å². The van der Waals surface area contributed by atoms with E-state index in [1.807, 2.05) is 23.1 Å². The predicted molar refractivity (Wildman–Crippen MR) is 104 cm³/mol. The van der Waals surface area contributed by atoms with Gasteiger partial charge in [-0.05, 0) is 30.5 Å². The average molecular weight is 411 g/mol. The summed E-state index contributed by atoms with van der Waals surface area (Å²) in [6.07, 6.45) is 1.80. The van der Waals surface area contributed by atoms with Crippen molar-refractivity contribution in [1.82, 2.24) is 4.90 Å². The van der Waals surface area contributed by atoms with Crippen molar-refractivity contribution in [1.29, 1.82) is 0 Å². The highest BCUT2D eigenvalue weighted by Crippen LogP contribution is 2.40. The minimum atomic E-state index is -3.06. The minimum absolute atomic E-state index is 0.0465. The summed E-state index contributed by atoms with van der Waals surface area (Å²) in [6, 6.07) is 5.47. The van der Waals surface area contributed by atoms with Gasteiger partial charge in [0.1, 0.15) is 0 Å². The van der Waals surface area contributed by atoms with E-state index in [4.69, 9.17) is 9.47 Å². The van der Waals surface area contributed by atoms with E-state index in [1.165, 1.54) is 11.8 Å². The molecule has 9 heteroatoms. The Balaban J connectivity index is 1.62. The number of benzene rings is 1. The Morgan fingerprint density at radius 3 is 2.63 bits per heavy atom. The van der Waals surface area contributed by atoms with Gasteiger partial charge in [0, 0.05) is 17.7 Å². The zero-order valence-corrected chi connectivity index (χ0v) is 16.9. The third-order valence-electron chi connectivity index (χ3n) is 5.11. The highest BCUT2D eigenvalue weighted by molar-refractivity contribution is 8.15. The number of hydrogen-bond donors (Lipinski definition) is 0. The van der Waals surface area contributed by atoms with Gasteiger partial charge in [0.2, 0.25) is 0 Å². The second-order valence-corrected chi connectivity index (χ2v) is 10.5. The molecule has 3 aliphatic rings. The molecule has 0 aromatic heterocycles. The van der Waals surface area contributed by atoms with E-state index < -0.39 is 9.84 Å². The van der Waals surface area contributed by atoms with Crippen LogP contribution in [-0.4, -0.2) is 61.4 Å². The summed E-state index contributed by atoms with van der Waals surface area (Å²) < 4.78 is 34.8. The molecule has 1 saturated carbocycles. The molecule has 2 atom stereocenters. The number of methoxy groups -OCH3 is 2. The summed E-state index contributed by atoms with van der Waals surface area (Å²) in [5.41, 5.74) is 0.949. The monoisotopic (exact) mass is 410 g/mol. The fourth-order valence-corrected chi connectivity index (χ4v) is 7.47. The molecule has 27 heavy (non-hydrogen) atoms. The molecule has 146 valence electrons. The molecule has 2 heterocycles. The van der Waals surface area contributed by atoms with Crippen LogP contribution in [0.15, 0.2) is 23.2 Å². The Hall–Kier alpha value is -1.74. The normalized spacial score (nSPS) is 27.6. The molecule has 2 aliphatic heterocycles. The van der Waals surface area contributed by atoms with Crippen LogP contribution >= 0.6 is 11.8 Å². The lowest BCUT2D eigenvalue weighted by Crippen LogP contribution is -2.37. The van der Waals surface area contributed by atoms with Crippen molar-refractivity contribution in [3.63, 3.8) is 0 Å². The van der Waals surface area contributed by atoms with Crippen LogP contribution in [0.4, 0.5) is 0 Å². The number of fused-ring (bicyclic) bond motifs is 1. The zero-order chi connectivity index (χ0) is 19.2. The molecule has 2 saturated heterocycles. The van der Waals surface area contributed by atoms with Gasteiger partial charge in [0.15, 0.2) is 26.5 Å². The second kappa shape index (κ2) is 7.01. The van der Waals surface area contributed by atoms with Gasteiger partial charge in [-0.2, -0.15) is 4.99 Å². The van der Waals surface area contributed by atoms with E-state index in [2.05, 4.69) is 4.99 Å². The maximum Gasteiger partial charge on any atom is 0.251 e. The van der Waals surface area contributed by atoms with Crippen LogP contribution in [0.2, 0.25) is 0 Å². The summed E-state index contributed by atoms with van der Waals surface area (Å²) in [7, 11) is 0.101. The summed E-state index contributed by atoms with van der Waals surface area (Å²) in [6.45, 7) is 0.473. The van der Waals surface area contributed by atoms with Gasteiger partial charge in [0.25, 0.3) is 5.91 Å². The number of carbonyl (C=O) groups is 1. The molecular weight excluding hydrogens is 388 g/mol. The van der Waals surface area contributed by atoms with Crippen LogP contribution in [0, 0.1) is 5.92 Å². The average Bonchev–Trinajstić information content (AvgIpc) is 3.38. The van der Waals surface area contributed by atoms with E-state index in [0.717, 1.165) is 18.4 Å². The first-order chi connectivity index (χ1) is 12.9. The van der Waals surface area contributed by atoms with Crippen LogP contribution in [0.5, 0.6) is 11.5 Å². The number of amidine groups is 1. The van der Waals surface area contributed by atoms with Crippen LogP contribution in [0.25, 0.3) is 0 Å². The number of rotatable bonds is 5. The lowest BCUT2D eigenvalue weighted by Gasteiger charge is -2.25. The van der Waals surface area contributed by atoms with E-state index in [-0.39, 0.29) is 34.6 Å². The molecule has 1 aromatic rings. The van der Waals surface area contributed by atoms with Gasteiger partial charge < -0.3 is 14.4 Å². The smallest absolute Gasteiger partial charge is 0.251 e. The number of aliphatic imine (C=N–C) groups is 1. The maximum atomic E-state index is 12.2. The molecule has 1 aromatic carbocycles. The molecule has 3 fully saturated rings. The second-order valence-electron chi connectivity index (χ2n) is 7.12. The quantitative estimate of drug-likeness (QED) is 0.730. The molecule has 4 rings (SSSR count).